The molecule has 0 aliphatic carbocycles. The number of rotatable bonds is 4. The van der Waals surface area contributed by atoms with Crippen molar-refractivity contribution >= 4 is 5.91 Å². The number of ether oxygens (including phenoxy) is 2. The minimum Gasteiger partial charge on any atom is -0.454 e. The van der Waals surface area contributed by atoms with Crippen LogP contribution in [0.1, 0.15) is 23.0 Å². The van der Waals surface area contributed by atoms with E-state index in [2.05, 4.69) is 10.4 Å². The molecule has 0 radical (unpaired) electrons. The summed E-state index contributed by atoms with van der Waals surface area (Å²) in [6.45, 7) is 3.44. The molecule has 0 bridgehead atoms. The highest BCUT2D eigenvalue weighted by Crippen LogP contribution is 2.32. The molecule has 6 heteroatoms. The first kappa shape index (κ1) is 12.5. The molecule has 0 spiro atoms. The summed E-state index contributed by atoms with van der Waals surface area (Å²) in [6, 6.07) is 7.03. The van der Waals surface area contributed by atoms with Gasteiger partial charge in [0.05, 0.1) is 12.2 Å². The van der Waals surface area contributed by atoms with Gasteiger partial charge < -0.3 is 14.8 Å². The van der Waals surface area contributed by atoms with Crippen LogP contribution in [0.5, 0.6) is 11.5 Å². The van der Waals surface area contributed by atoms with Gasteiger partial charge in [0, 0.05) is 18.3 Å². The van der Waals surface area contributed by atoms with Crippen LogP contribution in [0.2, 0.25) is 0 Å². The van der Waals surface area contributed by atoms with E-state index in [-0.39, 0.29) is 12.7 Å². The van der Waals surface area contributed by atoms with Crippen molar-refractivity contribution in [2.45, 2.75) is 20.0 Å². The number of fused-ring (bicyclic) bond motifs is 1. The second-order valence-electron chi connectivity index (χ2n) is 4.41. The van der Waals surface area contributed by atoms with Crippen molar-refractivity contribution in [1.82, 2.24) is 15.1 Å². The highest BCUT2D eigenvalue weighted by atomic mass is 16.7. The zero-order chi connectivity index (χ0) is 13.9. The fraction of sp³-hybridized carbons (Fsp3) is 0.286. The summed E-state index contributed by atoms with van der Waals surface area (Å²) in [7, 11) is 0. The second-order valence-corrected chi connectivity index (χ2v) is 4.41. The zero-order valence-corrected chi connectivity index (χ0v) is 11.1. The molecule has 2 aromatic rings. The number of nitrogens with one attached hydrogen (secondary N) is 1. The van der Waals surface area contributed by atoms with Gasteiger partial charge in [-0.05, 0) is 31.2 Å². The van der Waals surface area contributed by atoms with E-state index in [4.69, 9.17) is 9.47 Å². The van der Waals surface area contributed by atoms with Gasteiger partial charge in [-0.25, -0.2) is 0 Å². The van der Waals surface area contributed by atoms with Crippen molar-refractivity contribution in [3.05, 3.63) is 41.7 Å². The first-order chi connectivity index (χ1) is 9.76. The maximum atomic E-state index is 12.1. The standard InChI is InChI=1S/C14H15N3O3/c1-2-17-6-5-11(16-17)8-15-14(18)10-3-4-12-13(7-10)20-9-19-12/h3-7H,2,8-9H2,1H3,(H,15,18). The Labute approximate surface area is 116 Å². The van der Waals surface area contributed by atoms with Gasteiger partial charge in [-0.15, -0.1) is 0 Å². The molecule has 0 saturated heterocycles. The molecule has 1 aliphatic heterocycles. The fourth-order valence-electron chi connectivity index (χ4n) is 1.98. The molecule has 1 amide bonds. The number of hydrogen-bond acceptors (Lipinski definition) is 4. The first-order valence-corrected chi connectivity index (χ1v) is 6.46. The summed E-state index contributed by atoms with van der Waals surface area (Å²) in [4.78, 5) is 12.1. The molecule has 1 N–H and O–H groups in total. The minimum atomic E-state index is -0.158. The van der Waals surface area contributed by atoms with Crippen molar-refractivity contribution in [2.75, 3.05) is 6.79 Å². The monoisotopic (exact) mass is 273 g/mol. The lowest BCUT2D eigenvalue weighted by Crippen LogP contribution is -2.23. The van der Waals surface area contributed by atoms with Gasteiger partial charge >= 0.3 is 0 Å². The quantitative estimate of drug-likeness (QED) is 0.918. The third-order valence-corrected chi connectivity index (χ3v) is 3.08. The number of benzene rings is 1. The SMILES string of the molecule is CCn1ccc(CNC(=O)c2ccc3c(c2)OCO3)n1. The Kier molecular flexibility index (Phi) is 3.28. The van der Waals surface area contributed by atoms with Crippen molar-refractivity contribution in [1.29, 1.82) is 0 Å². The summed E-state index contributed by atoms with van der Waals surface area (Å²) in [5.74, 6) is 1.12. The van der Waals surface area contributed by atoms with Crippen LogP contribution < -0.4 is 14.8 Å². The van der Waals surface area contributed by atoms with Crippen LogP contribution >= 0.6 is 0 Å². The number of nitrogens with zero attached hydrogens (tertiary/aromatic N) is 2. The molecule has 104 valence electrons. The van der Waals surface area contributed by atoms with Gasteiger partial charge in [0.2, 0.25) is 6.79 Å². The Hall–Kier alpha value is -2.50. The lowest BCUT2D eigenvalue weighted by Gasteiger charge is -2.04. The van der Waals surface area contributed by atoms with Crippen LogP contribution in [0, 0.1) is 0 Å². The average Bonchev–Trinajstić information content (AvgIpc) is 3.12. The van der Waals surface area contributed by atoms with Crippen LogP contribution in [0.4, 0.5) is 0 Å². The van der Waals surface area contributed by atoms with Crippen molar-refractivity contribution in [2.24, 2.45) is 0 Å². The number of carbonyl (C=O) groups is 1. The molecule has 2 heterocycles. The van der Waals surface area contributed by atoms with Gasteiger partial charge in [0.1, 0.15) is 0 Å². The Balaban J connectivity index is 1.64. The van der Waals surface area contributed by atoms with Crippen molar-refractivity contribution in [3.63, 3.8) is 0 Å². The van der Waals surface area contributed by atoms with E-state index in [9.17, 15) is 4.79 Å². The smallest absolute Gasteiger partial charge is 0.251 e. The van der Waals surface area contributed by atoms with E-state index in [0.29, 0.717) is 23.6 Å². The van der Waals surface area contributed by atoms with Crippen molar-refractivity contribution < 1.29 is 14.3 Å². The normalized spacial score (nSPS) is 12.4. The van der Waals surface area contributed by atoms with E-state index in [1.165, 1.54) is 0 Å². The Morgan fingerprint density at radius 1 is 1.35 bits per heavy atom. The minimum absolute atomic E-state index is 0.158. The van der Waals surface area contributed by atoms with Crippen molar-refractivity contribution in [3.8, 4) is 11.5 Å². The van der Waals surface area contributed by atoms with Gasteiger partial charge in [0.15, 0.2) is 11.5 Å². The van der Waals surface area contributed by atoms with Crippen LogP contribution in [-0.2, 0) is 13.1 Å². The third-order valence-electron chi connectivity index (χ3n) is 3.08. The topological polar surface area (TPSA) is 65.4 Å². The molecule has 1 aliphatic rings. The van der Waals surface area contributed by atoms with E-state index in [0.717, 1.165) is 12.2 Å². The van der Waals surface area contributed by atoms with Gasteiger partial charge in [-0.1, -0.05) is 0 Å². The molecule has 20 heavy (non-hydrogen) atoms. The average molecular weight is 273 g/mol. The molecule has 0 saturated carbocycles. The van der Waals surface area contributed by atoms with Crippen LogP contribution in [0.25, 0.3) is 0 Å². The zero-order valence-electron chi connectivity index (χ0n) is 11.1. The number of amides is 1. The fourth-order valence-corrected chi connectivity index (χ4v) is 1.98. The van der Waals surface area contributed by atoms with Gasteiger partial charge in [-0.3, -0.25) is 9.48 Å². The lowest BCUT2D eigenvalue weighted by atomic mass is 10.2. The predicted molar refractivity (Wildman–Crippen MR) is 71.6 cm³/mol. The summed E-state index contributed by atoms with van der Waals surface area (Å²) < 4.78 is 12.3. The maximum absolute atomic E-state index is 12.1. The van der Waals surface area contributed by atoms with Gasteiger partial charge in [0.25, 0.3) is 5.91 Å². The number of carbonyl (C=O) groups excluding carboxylic acids is 1. The highest BCUT2D eigenvalue weighted by Gasteiger charge is 2.16. The Bertz CT molecular complexity index is 636. The number of hydrogen-bond donors (Lipinski definition) is 1. The molecule has 1 aromatic heterocycles. The largest absolute Gasteiger partial charge is 0.454 e. The molecule has 3 rings (SSSR count). The Morgan fingerprint density at radius 3 is 3.00 bits per heavy atom. The molecular formula is C14H15N3O3. The Morgan fingerprint density at radius 2 is 2.20 bits per heavy atom. The molecular weight excluding hydrogens is 258 g/mol. The van der Waals surface area contributed by atoms with E-state index in [1.54, 1.807) is 18.2 Å². The first-order valence-electron chi connectivity index (χ1n) is 6.46. The number of aromatic nitrogens is 2. The van der Waals surface area contributed by atoms with Crippen LogP contribution in [0.15, 0.2) is 30.5 Å². The van der Waals surface area contributed by atoms with E-state index < -0.39 is 0 Å². The summed E-state index contributed by atoms with van der Waals surface area (Å²) in [6.07, 6.45) is 1.89. The van der Waals surface area contributed by atoms with E-state index >= 15 is 0 Å². The maximum Gasteiger partial charge on any atom is 0.251 e. The third kappa shape index (κ3) is 2.45. The highest BCUT2D eigenvalue weighted by molar-refractivity contribution is 5.94. The van der Waals surface area contributed by atoms with Crippen LogP contribution in [-0.4, -0.2) is 22.5 Å². The number of aryl methyl sites for hydroxylation is 1. The summed E-state index contributed by atoms with van der Waals surface area (Å²) >= 11 is 0. The molecule has 0 fully saturated rings. The summed E-state index contributed by atoms with van der Waals surface area (Å²) in [5.41, 5.74) is 1.38. The molecule has 1 aromatic carbocycles. The van der Waals surface area contributed by atoms with E-state index in [1.807, 2.05) is 23.9 Å². The predicted octanol–water partition coefficient (Wildman–Crippen LogP) is 1.56. The second kappa shape index (κ2) is 5.24. The summed E-state index contributed by atoms with van der Waals surface area (Å²) in [5, 5.41) is 7.14. The molecule has 6 nitrogen and oxygen atoms in total. The molecule has 0 atom stereocenters. The molecule has 0 unspecified atom stereocenters. The van der Waals surface area contributed by atoms with Gasteiger partial charge in [-0.2, -0.15) is 5.10 Å². The van der Waals surface area contributed by atoms with Crippen LogP contribution in [0.3, 0.4) is 0 Å². The lowest BCUT2D eigenvalue weighted by molar-refractivity contribution is 0.0950.